The van der Waals surface area contributed by atoms with Crippen LogP contribution in [-0.2, 0) is 14.8 Å². The predicted molar refractivity (Wildman–Crippen MR) is 117 cm³/mol. The van der Waals surface area contributed by atoms with Gasteiger partial charge in [-0.1, -0.05) is 37.3 Å². The van der Waals surface area contributed by atoms with Crippen LogP contribution in [0.15, 0.2) is 48.5 Å². The second-order valence-corrected chi connectivity index (χ2v) is 8.93. The maximum Gasteiger partial charge on any atom is 0.232 e. The van der Waals surface area contributed by atoms with Crippen molar-refractivity contribution in [3.8, 4) is 5.75 Å². The number of benzene rings is 2. The van der Waals surface area contributed by atoms with Crippen molar-refractivity contribution in [2.75, 3.05) is 24.2 Å². The number of aryl methyl sites for hydroxylation is 1. The van der Waals surface area contributed by atoms with Crippen molar-refractivity contribution in [1.29, 1.82) is 0 Å². The molecule has 1 N–H and O–H groups in total. The number of nitrogens with one attached hydrogen (secondary N) is 1. The minimum absolute atomic E-state index is 0.0481. The molecule has 0 aromatic heterocycles. The number of sulfonamides is 1. The average Bonchev–Trinajstić information content (AvgIpc) is 2.69. The van der Waals surface area contributed by atoms with Crippen molar-refractivity contribution in [3.05, 3.63) is 59.7 Å². The molecule has 0 saturated heterocycles. The van der Waals surface area contributed by atoms with E-state index in [2.05, 4.69) is 5.32 Å². The summed E-state index contributed by atoms with van der Waals surface area (Å²) in [5.74, 6) is 0.497. The number of methoxy groups -OCH3 is 1. The molecule has 0 aliphatic rings. The average molecular weight is 419 g/mol. The summed E-state index contributed by atoms with van der Waals surface area (Å²) in [6.07, 6.45) is 2.62. The first kappa shape index (κ1) is 22.7. The lowest BCUT2D eigenvalue weighted by molar-refractivity contribution is -0.121. The van der Waals surface area contributed by atoms with Gasteiger partial charge in [-0.15, -0.1) is 0 Å². The van der Waals surface area contributed by atoms with Gasteiger partial charge in [0.05, 0.1) is 25.1 Å². The summed E-state index contributed by atoms with van der Waals surface area (Å²) in [7, 11) is -1.94. The predicted octanol–water partition coefficient (Wildman–Crippen LogP) is 3.82. The number of hydrogen-bond donors (Lipinski definition) is 1. The lowest BCUT2D eigenvalue weighted by Gasteiger charge is -2.23. The Morgan fingerprint density at radius 2 is 1.90 bits per heavy atom. The Labute approximate surface area is 173 Å². The van der Waals surface area contributed by atoms with Gasteiger partial charge in [-0.05, 0) is 43.0 Å². The normalized spacial score (nSPS) is 12.3. The molecule has 158 valence electrons. The van der Waals surface area contributed by atoms with Gasteiger partial charge < -0.3 is 10.1 Å². The molecular formula is C22H30N2O4S. The van der Waals surface area contributed by atoms with E-state index in [1.807, 2.05) is 38.1 Å². The van der Waals surface area contributed by atoms with E-state index in [1.54, 1.807) is 24.3 Å². The lowest BCUT2D eigenvalue weighted by atomic mass is 9.99. The van der Waals surface area contributed by atoms with E-state index in [1.165, 1.54) is 11.4 Å². The Morgan fingerprint density at radius 3 is 2.52 bits per heavy atom. The van der Waals surface area contributed by atoms with Crippen LogP contribution < -0.4 is 14.4 Å². The molecule has 0 bridgehead atoms. The fourth-order valence-electron chi connectivity index (χ4n) is 3.28. The molecule has 29 heavy (non-hydrogen) atoms. The van der Waals surface area contributed by atoms with Gasteiger partial charge >= 0.3 is 0 Å². The van der Waals surface area contributed by atoms with Crippen LogP contribution in [0.3, 0.4) is 0 Å². The third kappa shape index (κ3) is 6.49. The molecule has 0 fully saturated rings. The number of nitrogens with zero attached hydrogens (tertiary/aromatic N) is 1. The number of rotatable bonds is 10. The van der Waals surface area contributed by atoms with E-state index in [9.17, 15) is 13.2 Å². The Hall–Kier alpha value is -2.54. The number of carbonyl (C=O) groups excluding carboxylic acids is 1. The van der Waals surface area contributed by atoms with Gasteiger partial charge in [0.25, 0.3) is 0 Å². The molecule has 0 aliphatic carbocycles. The van der Waals surface area contributed by atoms with Crippen LogP contribution >= 0.6 is 0 Å². The van der Waals surface area contributed by atoms with Crippen LogP contribution in [0.5, 0.6) is 5.75 Å². The molecule has 0 heterocycles. The van der Waals surface area contributed by atoms with Gasteiger partial charge in [-0.3, -0.25) is 9.10 Å². The second-order valence-electron chi connectivity index (χ2n) is 7.03. The molecule has 2 aromatic rings. The SMILES string of the molecule is CC[C@H](NC(=O)CCCN(c1cccc(OC)c1)S(C)(=O)=O)c1ccccc1C. The van der Waals surface area contributed by atoms with E-state index in [0.717, 1.165) is 23.8 Å². The van der Waals surface area contributed by atoms with Crippen molar-refractivity contribution in [2.45, 2.75) is 39.2 Å². The fourth-order valence-corrected chi connectivity index (χ4v) is 4.24. The van der Waals surface area contributed by atoms with Crippen LogP contribution in [0.2, 0.25) is 0 Å². The number of anilines is 1. The number of ether oxygens (including phenoxy) is 1. The molecule has 2 rings (SSSR count). The van der Waals surface area contributed by atoms with E-state index in [0.29, 0.717) is 17.9 Å². The minimum Gasteiger partial charge on any atom is -0.497 e. The van der Waals surface area contributed by atoms with Gasteiger partial charge in [-0.2, -0.15) is 0 Å². The summed E-state index contributed by atoms with van der Waals surface area (Å²) >= 11 is 0. The molecule has 0 spiro atoms. The second kappa shape index (κ2) is 10.3. The highest BCUT2D eigenvalue weighted by Gasteiger charge is 2.19. The zero-order valence-corrected chi connectivity index (χ0v) is 18.3. The molecule has 0 saturated carbocycles. The van der Waals surface area contributed by atoms with Gasteiger partial charge in [-0.25, -0.2) is 8.42 Å². The Kier molecular flexibility index (Phi) is 8.08. The first-order chi connectivity index (χ1) is 13.8. The van der Waals surface area contributed by atoms with E-state index < -0.39 is 10.0 Å². The molecule has 0 radical (unpaired) electrons. The Bertz CT molecular complexity index is 928. The van der Waals surface area contributed by atoms with Crippen LogP contribution in [0.4, 0.5) is 5.69 Å². The van der Waals surface area contributed by atoms with Crippen molar-refractivity contribution in [3.63, 3.8) is 0 Å². The zero-order valence-electron chi connectivity index (χ0n) is 17.5. The highest BCUT2D eigenvalue weighted by atomic mass is 32.2. The highest BCUT2D eigenvalue weighted by Crippen LogP contribution is 2.24. The van der Waals surface area contributed by atoms with Crippen LogP contribution in [0, 0.1) is 6.92 Å². The number of hydrogen-bond acceptors (Lipinski definition) is 4. The van der Waals surface area contributed by atoms with E-state index in [-0.39, 0.29) is 24.9 Å². The molecule has 7 heteroatoms. The van der Waals surface area contributed by atoms with Crippen LogP contribution in [0.1, 0.15) is 43.4 Å². The molecule has 0 unspecified atom stereocenters. The monoisotopic (exact) mass is 418 g/mol. The molecule has 1 amide bonds. The molecule has 6 nitrogen and oxygen atoms in total. The highest BCUT2D eigenvalue weighted by molar-refractivity contribution is 7.92. The van der Waals surface area contributed by atoms with Gasteiger partial charge in [0.15, 0.2) is 0 Å². The van der Waals surface area contributed by atoms with E-state index >= 15 is 0 Å². The van der Waals surface area contributed by atoms with Crippen LogP contribution in [-0.4, -0.2) is 34.2 Å². The minimum atomic E-state index is -3.47. The summed E-state index contributed by atoms with van der Waals surface area (Å²) in [4.78, 5) is 12.5. The molecule has 2 aromatic carbocycles. The van der Waals surface area contributed by atoms with Gasteiger partial charge in [0, 0.05) is 19.0 Å². The smallest absolute Gasteiger partial charge is 0.232 e. The third-order valence-electron chi connectivity index (χ3n) is 4.81. The van der Waals surface area contributed by atoms with Crippen molar-refractivity contribution >= 4 is 21.6 Å². The van der Waals surface area contributed by atoms with Crippen molar-refractivity contribution in [2.24, 2.45) is 0 Å². The fraction of sp³-hybridized carbons (Fsp3) is 0.409. The maximum absolute atomic E-state index is 12.5. The standard InChI is InChI=1S/C22H30N2O4S/c1-5-21(20-13-7-6-10-17(20)2)23-22(25)14-9-15-24(29(4,26)27)18-11-8-12-19(16-18)28-3/h6-8,10-13,16,21H,5,9,14-15H2,1-4H3,(H,23,25)/t21-/m0/s1. The lowest BCUT2D eigenvalue weighted by Crippen LogP contribution is -2.33. The largest absolute Gasteiger partial charge is 0.497 e. The van der Waals surface area contributed by atoms with Gasteiger partial charge in [0.1, 0.15) is 5.75 Å². The summed E-state index contributed by atoms with van der Waals surface area (Å²) < 4.78 is 31.0. The molecule has 1 atom stereocenters. The zero-order chi connectivity index (χ0) is 21.4. The van der Waals surface area contributed by atoms with Crippen molar-refractivity contribution < 1.29 is 17.9 Å². The first-order valence-electron chi connectivity index (χ1n) is 9.73. The first-order valence-corrected chi connectivity index (χ1v) is 11.6. The summed E-state index contributed by atoms with van der Waals surface area (Å²) in [6, 6.07) is 14.8. The third-order valence-corrected chi connectivity index (χ3v) is 6.01. The molecular weight excluding hydrogens is 388 g/mol. The maximum atomic E-state index is 12.5. The Balaban J connectivity index is 2.00. The summed E-state index contributed by atoms with van der Waals surface area (Å²) in [5.41, 5.74) is 2.78. The van der Waals surface area contributed by atoms with E-state index in [4.69, 9.17) is 4.74 Å². The summed E-state index contributed by atoms with van der Waals surface area (Å²) in [6.45, 7) is 4.29. The molecule has 0 aliphatic heterocycles. The number of carbonyl (C=O) groups is 1. The summed E-state index contributed by atoms with van der Waals surface area (Å²) in [5, 5.41) is 3.07. The number of amides is 1. The Morgan fingerprint density at radius 1 is 1.17 bits per heavy atom. The van der Waals surface area contributed by atoms with Crippen molar-refractivity contribution in [1.82, 2.24) is 5.32 Å². The van der Waals surface area contributed by atoms with Crippen LogP contribution in [0.25, 0.3) is 0 Å². The quantitative estimate of drug-likeness (QED) is 0.636. The van der Waals surface area contributed by atoms with Gasteiger partial charge in [0.2, 0.25) is 15.9 Å². The topological polar surface area (TPSA) is 75.7 Å².